The summed E-state index contributed by atoms with van der Waals surface area (Å²) < 4.78 is 5.12. The first-order valence-corrected chi connectivity index (χ1v) is 8.58. The number of aliphatic hydroxyl groups excluding tert-OH is 1. The number of aliphatic hydroxyl groups is 1. The summed E-state index contributed by atoms with van der Waals surface area (Å²) in [7, 11) is 1.60. The van der Waals surface area contributed by atoms with Crippen LogP contribution < -0.4 is 4.74 Å². The van der Waals surface area contributed by atoms with Crippen LogP contribution in [0.25, 0.3) is 0 Å². The molecule has 0 spiro atoms. The molecule has 1 unspecified atom stereocenters. The van der Waals surface area contributed by atoms with Crippen LogP contribution in [0.15, 0.2) is 18.2 Å². The van der Waals surface area contributed by atoms with Crippen LogP contribution in [0.1, 0.15) is 76.4 Å². The molecule has 1 aromatic carbocycles. The number of halogens is 1. The molecule has 0 heterocycles. The van der Waals surface area contributed by atoms with Crippen LogP contribution in [0, 0.1) is 0 Å². The van der Waals surface area contributed by atoms with E-state index in [-0.39, 0.29) is 0 Å². The molecule has 0 bridgehead atoms. The van der Waals surface area contributed by atoms with Crippen LogP contribution in [-0.2, 0) is 0 Å². The van der Waals surface area contributed by atoms with Crippen molar-refractivity contribution in [3.05, 3.63) is 28.8 Å². The van der Waals surface area contributed by atoms with Crippen LogP contribution in [0.3, 0.4) is 0 Å². The molecule has 0 saturated carbocycles. The van der Waals surface area contributed by atoms with Gasteiger partial charge in [-0.2, -0.15) is 0 Å². The molecule has 0 aromatic heterocycles. The fourth-order valence-electron chi connectivity index (χ4n) is 2.53. The van der Waals surface area contributed by atoms with Crippen molar-refractivity contribution >= 4 is 11.6 Å². The average molecular weight is 313 g/mol. The molecule has 3 heteroatoms. The lowest BCUT2D eigenvalue weighted by molar-refractivity contribution is 0.163. The van der Waals surface area contributed by atoms with E-state index in [1.807, 2.05) is 12.1 Å². The Hall–Kier alpha value is -0.730. The summed E-state index contributed by atoms with van der Waals surface area (Å²) in [4.78, 5) is 0. The molecule has 2 nitrogen and oxygen atoms in total. The Kier molecular flexibility index (Phi) is 9.53. The van der Waals surface area contributed by atoms with Crippen LogP contribution >= 0.6 is 11.6 Å². The molecule has 0 aliphatic carbocycles. The van der Waals surface area contributed by atoms with Gasteiger partial charge < -0.3 is 9.84 Å². The van der Waals surface area contributed by atoms with E-state index in [0.29, 0.717) is 10.8 Å². The van der Waals surface area contributed by atoms with Gasteiger partial charge in [0.2, 0.25) is 0 Å². The summed E-state index contributed by atoms with van der Waals surface area (Å²) in [5, 5.41) is 10.7. The molecule has 1 aromatic rings. The average Bonchev–Trinajstić information content (AvgIpc) is 2.49. The third kappa shape index (κ3) is 7.19. The quantitative estimate of drug-likeness (QED) is 0.514. The van der Waals surface area contributed by atoms with Gasteiger partial charge in [-0.25, -0.2) is 0 Å². The predicted octanol–water partition coefficient (Wildman–Crippen LogP) is 5.91. The molecule has 0 radical (unpaired) electrons. The Morgan fingerprint density at radius 2 is 1.67 bits per heavy atom. The Morgan fingerprint density at radius 1 is 1.05 bits per heavy atom. The molecule has 0 amide bonds. The highest BCUT2D eigenvalue weighted by Crippen LogP contribution is 2.29. The van der Waals surface area contributed by atoms with Crippen LogP contribution in [0.4, 0.5) is 0 Å². The maximum Gasteiger partial charge on any atom is 0.137 e. The summed E-state index contributed by atoms with van der Waals surface area (Å²) in [6.45, 7) is 2.24. The number of rotatable bonds is 11. The second-order valence-corrected chi connectivity index (χ2v) is 6.08. The molecule has 120 valence electrons. The molecule has 1 rings (SSSR count). The number of methoxy groups -OCH3 is 1. The lowest BCUT2D eigenvalue weighted by Crippen LogP contribution is -1.98. The van der Waals surface area contributed by atoms with E-state index in [1.165, 1.54) is 44.9 Å². The Bertz CT molecular complexity index is 393. The van der Waals surface area contributed by atoms with Gasteiger partial charge in [0, 0.05) is 0 Å². The summed E-state index contributed by atoms with van der Waals surface area (Å²) >= 11 is 6.08. The third-order valence-corrected chi connectivity index (χ3v) is 4.19. The highest BCUT2D eigenvalue weighted by atomic mass is 35.5. The van der Waals surface area contributed by atoms with Gasteiger partial charge in [-0.05, 0) is 24.1 Å². The number of benzene rings is 1. The highest BCUT2D eigenvalue weighted by Gasteiger charge is 2.10. The molecule has 21 heavy (non-hydrogen) atoms. The molecule has 1 atom stereocenters. The van der Waals surface area contributed by atoms with Crippen LogP contribution in [-0.4, -0.2) is 12.2 Å². The Balaban J connectivity index is 2.19. The zero-order valence-corrected chi connectivity index (χ0v) is 14.2. The van der Waals surface area contributed by atoms with Crippen molar-refractivity contribution in [2.45, 2.75) is 70.8 Å². The van der Waals surface area contributed by atoms with Gasteiger partial charge in [-0.15, -0.1) is 0 Å². The molecule has 0 aliphatic heterocycles. The molecule has 1 N–H and O–H groups in total. The van der Waals surface area contributed by atoms with E-state index in [1.54, 1.807) is 13.2 Å². The SMILES string of the molecule is CCCCCCCCCCC(O)c1ccc(OC)c(Cl)c1. The van der Waals surface area contributed by atoms with E-state index in [4.69, 9.17) is 16.3 Å². The smallest absolute Gasteiger partial charge is 0.137 e. The maximum atomic E-state index is 10.2. The third-order valence-electron chi connectivity index (χ3n) is 3.89. The van der Waals surface area contributed by atoms with Gasteiger partial charge in [0.1, 0.15) is 5.75 Å². The van der Waals surface area contributed by atoms with Crippen molar-refractivity contribution in [2.24, 2.45) is 0 Å². The van der Waals surface area contributed by atoms with E-state index in [2.05, 4.69) is 6.92 Å². The first-order chi connectivity index (χ1) is 10.2. The summed E-state index contributed by atoms with van der Waals surface area (Å²) in [5.74, 6) is 0.652. The topological polar surface area (TPSA) is 29.5 Å². The second-order valence-electron chi connectivity index (χ2n) is 5.67. The minimum Gasteiger partial charge on any atom is -0.495 e. The zero-order valence-electron chi connectivity index (χ0n) is 13.4. The number of hydrogen-bond acceptors (Lipinski definition) is 2. The van der Waals surface area contributed by atoms with Crippen molar-refractivity contribution in [3.8, 4) is 5.75 Å². The summed E-state index contributed by atoms with van der Waals surface area (Å²) in [6.07, 6.45) is 10.6. The minimum absolute atomic E-state index is 0.423. The normalized spacial score (nSPS) is 12.4. The molecular formula is C18H29ClO2. The van der Waals surface area contributed by atoms with Crippen LogP contribution in [0.2, 0.25) is 5.02 Å². The highest BCUT2D eigenvalue weighted by molar-refractivity contribution is 6.32. The van der Waals surface area contributed by atoms with Crippen molar-refractivity contribution in [3.63, 3.8) is 0 Å². The van der Waals surface area contributed by atoms with Gasteiger partial charge in [-0.3, -0.25) is 0 Å². The van der Waals surface area contributed by atoms with Gasteiger partial charge in [0.25, 0.3) is 0 Å². The molecule has 0 fully saturated rings. The van der Waals surface area contributed by atoms with Crippen molar-refractivity contribution in [1.29, 1.82) is 0 Å². The Labute approximate surface area is 134 Å². The number of hydrogen-bond donors (Lipinski definition) is 1. The molecule has 0 saturated heterocycles. The summed E-state index contributed by atoms with van der Waals surface area (Å²) in [6, 6.07) is 5.50. The number of ether oxygens (including phenoxy) is 1. The maximum absolute atomic E-state index is 10.2. The minimum atomic E-state index is -0.423. The molecule has 0 aliphatic rings. The molecular weight excluding hydrogens is 284 g/mol. The zero-order chi connectivity index (χ0) is 15.5. The van der Waals surface area contributed by atoms with Crippen molar-refractivity contribution < 1.29 is 9.84 Å². The van der Waals surface area contributed by atoms with Crippen LogP contribution in [0.5, 0.6) is 5.75 Å². The number of unbranched alkanes of at least 4 members (excludes halogenated alkanes) is 7. The lowest BCUT2D eigenvalue weighted by Gasteiger charge is -2.12. The van der Waals surface area contributed by atoms with Gasteiger partial charge in [0.15, 0.2) is 0 Å². The van der Waals surface area contributed by atoms with Crippen molar-refractivity contribution in [1.82, 2.24) is 0 Å². The van der Waals surface area contributed by atoms with E-state index in [0.717, 1.165) is 18.4 Å². The fraction of sp³-hybridized carbons (Fsp3) is 0.667. The van der Waals surface area contributed by atoms with Gasteiger partial charge >= 0.3 is 0 Å². The van der Waals surface area contributed by atoms with Gasteiger partial charge in [-0.1, -0.05) is 76.0 Å². The van der Waals surface area contributed by atoms with Gasteiger partial charge in [0.05, 0.1) is 18.2 Å². The van der Waals surface area contributed by atoms with E-state index < -0.39 is 6.10 Å². The Morgan fingerprint density at radius 3 is 2.24 bits per heavy atom. The first-order valence-electron chi connectivity index (χ1n) is 8.20. The monoisotopic (exact) mass is 312 g/mol. The second kappa shape index (κ2) is 10.9. The largest absolute Gasteiger partial charge is 0.495 e. The standard InChI is InChI=1S/C18H29ClO2/c1-3-4-5-6-7-8-9-10-11-17(20)15-12-13-18(21-2)16(19)14-15/h12-14,17,20H,3-11H2,1-2H3. The predicted molar refractivity (Wildman–Crippen MR) is 90.2 cm³/mol. The fourth-order valence-corrected chi connectivity index (χ4v) is 2.79. The van der Waals surface area contributed by atoms with E-state index >= 15 is 0 Å². The van der Waals surface area contributed by atoms with Crippen molar-refractivity contribution in [2.75, 3.05) is 7.11 Å². The summed E-state index contributed by atoms with van der Waals surface area (Å²) in [5.41, 5.74) is 0.878. The van der Waals surface area contributed by atoms with E-state index in [9.17, 15) is 5.11 Å². The first kappa shape index (κ1) is 18.3. The lowest BCUT2D eigenvalue weighted by atomic mass is 10.0.